The molecule has 0 saturated heterocycles. The van der Waals surface area contributed by atoms with Gasteiger partial charge in [0.1, 0.15) is 11.4 Å². The molecule has 0 atom stereocenters. The quantitative estimate of drug-likeness (QED) is 0.718. The number of pyridine rings is 1. The van der Waals surface area contributed by atoms with Gasteiger partial charge in [-0.1, -0.05) is 0 Å². The van der Waals surface area contributed by atoms with Crippen molar-refractivity contribution >= 4 is 0 Å². The van der Waals surface area contributed by atoms with Crippen LogP contribution in [0.1, 0.15) is 5.89 Å². The van der Waals surface area contributed by atoms with Crippen LogP contribution >= 0.6 is 0 Å². The molecule has 5 heteroatoms. The molecule has 14 heavy (non-hydrogen) atoms. The van der Waals surface area contributed by atoms with Crippen LogP contribution in [0.3, 0.4) is 0 Å². The van der Waals surface area contributed by atoms with Crippen molar-refractivity contribution in [1.29, 1.82) is 0 Å². The molecule has 0 radical (unpaired) electrons. The van der Waals surface area contributed by atoms with E-state index in [1.807, 2.05) is 0 Å². The SMILES string of the molecule is COc1ccc(-c2nnc(C)o2)nc1. The topological polar surface area (TPSA) is 61.0 Å². The highest BCUT2D eigenvalue weighted by Gasteiger charge is 2.06. The number of hydrogen-bond donors (Lipinski definition) is 0. The molecule has 0 bridgehead atoms. The van der Waals surface area contributed by atoms with E-state index in [0.717, 1.165) is 0 Å². The Kier molecular flexibility index (Phi) is 2.14. The molecule has 0 aliphatic rings. The Morgan fingerprint density at radius 2 is 2.14 bits per heavy atom. The zero-order valence-corrected chi connectivity index (χ0v) is 7.89. The van der Waals surface area contributed by atoms with Gasteiger partial charge in [-0.3, -0.25) is 0 Å². The summed E-state index contributed by atoms with van der Waals surface area (Å²) < 4.78 is 10.2. The smallest absolute Gasteiger partial charge is 0.266 e. The molecule has 0 unspecified atom stereocenters. The van der Waals surface area contributed by atoms with Crippen LogP contribution < -0.4 is 4.74 Å². The predicted octanol–water partition coefficient (Wildman–Crippen LogP) is 1.45. The van der Waals surface area contributed by atoms with Gasteiger partial charge in [0.2, 0.25) is 5.89 Å². The van der Waals surface area contributed by atoms with Gasteiger partial charge in [-0.15, -0.1) is 10.2 Å². The molecule has 0 aliphatic carbocycles. The maximum absolute atomic E-state index is 5.22. The third-order valence-corrected chi connectivity index (χ3v) is 1.72. The van der Waals surface area contributed by atoms with Crippen LogP contribution in [0.2, 0.25) is 0 Å². The minimum absolute atomic E-state index is 0.421. The van der Waals surface area contributed by atoms with Gasteiger partial charge >= 0.3 is 0 Å². The van der Waals surface area contributed by atoms with Crippen LogP contribution in [0.15, 0.2) is 22.7 Å². The first-order chi connectivity index (χ1) is 6.79. The number of nitrogens with zero attached hydrogens (tertiary/aromatic N) is 3. The first-order valence-corrected chi connectivity index (χ1v) is 4.10. The summed E-state index contributed by atoms with van der Waals surface area (Å²) in [4.78, 5) is 4.11. The van der Waals surface area contributed by atoms with Crippen molar-refractivity contribution in [2.75, 3.05) is 7.11 Å². The predicted molar refractivity (Wildman–Crippen MR) is 48.8 cm³/mol. The number of rotatable bonds is 2. The molecule has 2 heterocycles. The molecule has 2 aromatic heterocycles. The van der Waals surface area contributed by atoms with Crippen LogP contribution in [-0.2, 0) is 0 Å². The number of ether oxygens (including phenoxy) is 1. The molecule has 0 N–H and O–H groups in total. The van der Waals surface area contributed by atoms with E-state index in [2.05, 4.69) is 15.2 Å². The summed E-state index contributed by atoms with van der Waals surface area (Å²) in [5.74, 6) is 1.65. The van der Waals surface area contributed by atoms with Crippen molar-refractivity contribution in [2.24, 2.45) is 0 Å². The first kappa shape index (κ1) is 8.68. The van der Waals surface area contributed by atoms with Crippen LogP contribution in [-0.4, -0.2) is 22.3 Å². The minimum atomic E-state index is 0.421. The Hall–Kier alpha value is -1.91. The van der Waals surface area contributed by atoms with E-state index in [4.69, 9.17) is 9.15 Å². The maximum Gasteiger partial charge on any atom is 0.266 e. The number of hydrogen-bond acceptors (Lipinski definition) is 5. The second kappa shape index (κ2) is 3.45. The summed E-state index contributed by atoms with van der Waals surface area (Å²) in [5, 5.41) is 7.57. The van der Waals surface area contributed by atoms with Gasteiger partial charge in [0.25, 0.3) is 5.89 Å². The summed E-state index contributed by atoms with van der Waals surface area (Å²) in [6.45, 7) is 1.74. The fraction of sp³-hybridized carbons (Fsp3) is 0.222. The van der Waals surface area contributed by atoms with Gasteiger partial charge in [-0.05, 0) is 12.1 Å². The van der Waals surface area contributed by atoms with Gasteiger partial charge in [0.05, 0.1) is 13.3 Å². The molecule has 2 rings (SSSR count). The molecule has 0 amide bonds. The molecule has 0 fully saturated rings. The lowest BCUT2D eigenvalue weighted by Crippen LogP contribution is -1.86. The number of methoxy groups -OCH3 is 1. The van der Waals surface area contributed by atoms with Crippen molar-refractivity contribution in [3.8, 4) is 17.3 Å². The van der Waals surface area contributed by atoms with Crippen LogP contribution in [0, 0.1) is 6.92 Å². The summed E-state index contributed by atoms with van der Waals surface area (Å²) in [7, 11) is 1.59. The highest BCUT2D eigenvalue weighted by Crippen LogP contribution is 2.17. The van der Waals surface area contributed by atoms with Gasteiger partial charge in [-0.25, -0.2) is 4.98 Å². The van der Waals surface area contributed by atoms with E-state index in [1.165, 1.54) is 0 Å². The van der Waals surface area contributed by atoms with E-state index in [9.17, 15) is 0 Å². The lowest BCUT2D eigenvalue weighted by Gasteiger charge is -1.97. The third-order valence-electron chi connectivity index (χ3n) is 1.72. The largest absolute Gasteiger partial charge is 0.495 e. The molecule has 0 spiro atoms. The molecular formula is C9H9N3O2. The molecule has 0 aromatic carbocycles. The lowest BCUT2D eigenvalue weighted by atomic mass is 10.3. The second-order valence-electron chi connectivity index (χ2n) is 2.71. The van der Waals surface area contributed by atoms with Crippen LogP contribution in [0.4, 0.5) is 0 Å². The molecule has 2 aromatic rings. The third kappa shape index (κ3) is 1.56. The summed E-state index contributed by atoms with van der Waals surface area (Å²) in [6, 6.07) is 3.56. The van der Waals surface area contributed by atoms with Gasteiger partial charge in [0, 0.05) is 6.92 Å². The molecule has 72 valence electrons. The average molecular weight is 191 g/mol. The Labute approximate surface area is 80.8 Å². The maximum atomic E-state index is 5.22. The Bertz CT molecular complexity index is 422. The minimum Gasteiger partial charge on any atom is -0.495 e. The van der Waals surface area contributed by atoms with E-state index in [-0.39, 0.29) is 0 Å². The summed E-state index contributed by atoms with van der Waals surface area (Å²) in [5.41, 5.74) is 0.645. The Morgan fingerprint density at radius 3 is 2.64 bits per heavy atom. The Balaban J connectivity index is 2.33. The van der Waals surface area contributed by atoms with E-state index < -0.39 is 0 Å². The standard InChI is InChI=1S/C9H9N3O2/c1-6-11-12-9(14-6)8-4-3-7(13-2)5-10-8/h3-5H,1-2H3. The molecule has 0 saturated carbocycles. The molecule has 5 nitrogen and oxygen atoms in total. The molecular weight excluding hydrogens is 182 g/mol. The van der Waals surface area contributed by atoms with Crippen molar-refractivity contribution in [3.05, 3.63) is 24.2 Å². The zero-order chi connectivity index (χ0) is 9.97. The average Bonchev–Trinajstić information content (AvgIpc) is 2.65. The van der Waals surface area contributed by atoms with E-state index >= 15 is 0 Å². The van der Waals surface area contributed by atoms with Gasteiger partial charge in [-0.2, -0.15) is 0 Å². The normalized spacial score (nSPS) is 10.1. The van der Waals surface area contributed by atoms with Gasteiger partial charge < -0.3 is 9.15 Å². The summed E-state index contributed by atoms with van der Waals surface area (Å²) in [6.07, 6.45) is 1.61. The Morgan fingerprint density at radius 1 is 1.29 bits per heavy atom. The lowest BCUT2D eigenvalue weighted by molar-refractivity contribution is 0.413. The van der Waals surface area contributed by atoms with Gasteiger partial charge in [0.15, 0.2) is 0 Å². The van der Waals surface area contributed by atoms with Crippen molar-refractivity contribution in [1.82, 2.24) is 15.2 Å². The fourth-order valence-corrected chi connectivity index (χ4v) is 1.03. The highest BCUT2D eigenvalue weighted by molar-refractivity contribution is 5.46. The molecule has 0 aliphatic heterocycles. The fourth-order valence-electron chi connectivity index (χ4n) is 1.03. The number of aromatic nitrogens is 3. The van der Waals surface area contributed by atoms with Crippen molar-refractivity contribution < 1.29 is 9.15 Å². The van der Waals surface area contributed by atoms with Crippen molar-refractivity contribution in [2.45, 2.75) is 6.92 Å². The second-order valence-corrected chi connectivity index (χ2v) is 2.71. The summed E-state index contributed by atoms with van der Waals surface area (Å²) >= 11 is 0. The van der Waals surface area contributed by atoms with Crippen LogP contribution in [0.5, 0.6) is 5.75 Å². The van der Waals surface area contributed by atoms with Crippen molar-refractivity contribution in [3.63, 3.8) is 0 Å². The van der Waals surface area contributed by atoms with E-state index in [0.29, 0.717) is 23.2 Å². The van der Waals surface area contributed by atoms with Crippen LogP contribution in [0.25, 0.3) is 11.6 Å². The monoisotopic (exact) mass is 191 g/mol. The zero-order valence-electron chi connectivity index (χ0n) is 7.89. The first-order valence-electron chi connectivity index (χ1n) is 4.10. The van der Waals surface area contributed by atoms with E-state index in [1.54, 1.807) is 32.4 Å². The highest BCUT2D eigenvalue weighted by atomic mass is 16.5. The number of aryl methyl sites for hydroxylation is 1.